The third-order valence-corrected chi connectivity index (χ3v) is 5.07. The fourth-order valence-corrected chi connectivity index (χ4v) is 3.06. The minimum Gasteiger partial charge on any atom is -0.377 e. The van der Waals surface area contributed by atoms with Gasteiger partial charge in [-0.25, -0.2) is 0 Å². The quantitative estimate of drug-likeness (QED) is 0.597. The number of hydrogen-bond acceptors (Lipinski definition) is 4. The first-order chi connectivity index (χ1) is 8.26. The lowest BCUT2D eigenvalue weighted by atomic mass is 10.3. The van der Waals surface area contributed by atoms with E-state index in [0.29, 0.717) is 0 Å². The van der Waals surface area contributed by atoms with Gasteiger partial charge in [-0.15, -0.1) is 17.0 Å². The fourth-order valence-electron chi connectivity index (χ4n) is 1.38. The first-order valence-electron chi connectivity index (χ1n) is 4.96. The molecule has 18 heavy (non-hydrogen) atoms. The molecule has 106 valence electrons. The van der Waals surface area contributed by atoms with Gasteiger partial charge in [0, 0.05) is 67.5 Å². The molecular formula is C10H18Br3NO3Si. The topological polar surface area (TPSA) is 40.6 Å². The summed E-state index contributed by atoms with van der Waals surface area (Å²) in [6.07, 6.45) is 2.59. The van der Waals surface area contributed by atoms with E-state index in [1.165, 1.54) is 0 Å². The third kappa shape index (κ3) is 7.32. The molecule has 0 aliphatic rings. The fraction of sp³-hybridized carbons (Fsp3) is 0.500. The predicted octanol–water partition coefficient (Wildman–Crippen LogP) is 3.77. The Hall–Kier alpha value is 0.687. The van der Waals surface area contributed by atoms with Crippen molar-refractivity contribution in [2.75, 3.05) is 21.3 Å². The number of aromatic nitrogens is 1. The van der Waals surface area contributed by atoms with Crippen molar-refractivity contribution < 1.29 is 13.3 Å². The van der Waals surface area contributed by atoms with Gasteiger partial charge >= 0.3 is 8.80 Å². The monoisotopic (exact) mass is 465 g/mol. The van der Waals surface area contributed by atoms with Gasteiger partial charge in [-0.05, 0) is 18.6 Å². The van der Waals surface area contributed by atoms with Crippen LogP contribution in [-0.4, -0.2) is 35.1 Å². The molecule has 0 amide bonds. The molecule has 0 unspecified atom stereocenters. The minimum atomic E-state index is -2.44. The van der Waals surface area contributed by atoms with Crippen LogP contribution in [0.4, 0.5) is 0 Å². The number of rotatable bonds is 6. The van der Waals surface area contributed by atoms with Crippen molar-refractivity contribution in [3.05, 3.63) is 30.1 Å². The molecule has 0 N–H and O–H groups in total. The van der Waals surface area contributed by atoms with Crippen LogP contribution < -0.4 is 0 Å². The maximum Gasteiger partial charge on any atom is 0.500 e. The highest BCUT2D eigenvalue weighted by Gasteiger charge is 2.37. The summed E-state index contributed by atoms with van der Waals surface area (Å²) in [6, 6.07) is 6.60. The molecule has 0 spiro atoms. The first kappa shape index (κ1) is 21.0. The number of aryl methyl sites for hydroxylation is 1. The van der Waals surface area contributed by atoms with Gasteiger partial charge in [0.2, 0.25) is 0 Å². The Balaban J connectivity index is 0. The van der Waals surface area contributed by atoms with Crippen LogP contribution >= 0.6 is 45.2 Å². The molecular weight excluding hydrogens is 450 g/mol. The average molecular weight is 468 g/mol. The van der Waals surface area contributed by atoms with Crippen LogP contribution in [0.15, 0.2) is 24.4 Å². The van der Waals surface area contributed by atoms with Crippen LogP contribution in [0.5, 0.6) is 0 Å². The summed E-state index contributed by atoms with van der Waals surface area (Å²) in [5.74, 6) is 0. The normalized spacial score (nSPS) is 10.1. The Bertz CT molecular complexity index is 281. The highest BCUT2D eigenvalue weighted by molar-refractivity contribution is 9.93. The van der Waals surface area contributed by atoms with Crippen LogP contribution in [0.2, 0.25) is 6.04 Å². The molecule has 4 nitrogen and oxygen atoms in total. The Morgan fingerprint density at radius 1 is 1.11 bits per heavy atom. The van der Waals surface area contributed by atoms with Crippen molar-refractivity contribution in [3.8, 4) is 0 Å². The molecule has 0 aliphatic carbocycles. The van der Waals surface area contributed by atoms with Gasteiger partial charge in [-0.2, -0.15) is 0 Å². The summed E-state index contributed by atoms with van der Waals surface area (Å²) in [5, 5.41) is 0. The van der Waals surface area contributed by atoms with Crippen LogP contribution in [0.25, 0.3) is 0 Å². The first-order valence-corrected chi connectivity index (χ1v) is 10.6. The standard InChI is InChI=1S/C10H17NO3Si.Br2.BrH/c1-12-15(13-2,14-3)9-7-10-6-4-5-8-11-10;1-2;/h4-6,8H,7,9H2,1-3H3;;1H. The van der Waals surface area contributed by atoms with E-state index >= 15 is 0 Å². The molecule has 1 rings (SSSR count). The van der Waals surface area contributed by atoms with Gasteiger partial charge in [-0.3, -0.25) is 4.98 Å². The zero-order chi connectivity index (χ0) is 13.1. The molecule has 1 heterocycles. The second-order valence-electron chi connectivity index (χ2n) is 3.12. The van der Waals surface area contributed by atoms with Crippen molar-refractivity contribution in [1.82, 2.24) is 4.98 Å². The largest absolute Gasteiger partial charge is 0.500 e. The second-order valence-corrected chi connectivity index (χ2v) is 6.21. The summed E-state index contributed by atoms with van der Waals surface area (Å²) in [7, 11) is 2.43. The Kier molecular flexibility index (Phi) is 14.8. The van der Waals surface area contributed by atoms with Crippen molar-refractivity contribution in [1.29, 1.82) is 0 Å². The molecule has 1 aromatic rings. The summed E-state index contributed by atoms with van der Waals surface area (Å²) in [5.41, 5.74) is 1.03. The van der Waals surface area contributed by atoms with E-state index in [9.17, 15) is 0 Å². The Morgan fingerprint density at radius 2 is 1.67 bits per heavy atom. The molecule has 0 aromatic carbocycles. The minimum absolute atomic E-state index is 0. The van der Waals surface area contributed by atoms with E-state index in [4.69, 9.17) is 13.3 Å². The Morgan fingerprint density at radius 3 is 2.06 bits per heavy atom. The van der Waals surface area contributed by atoms with E-state index in [1.54, 1.807) is 27.5 Å². The maximum absolute atomic E-state index is 5.32. The van der Waals surface area contributed by atoms with Gasteiger partial charge in [0.1, 0.15) is 0 Å². The summed E-state index contributed by atoms with van der Waals surface area (Å²) in [4.78, 5) is 4.24. The molecule has 0 aliphatic heterocycles. The molecule has 0 bridgehead atoms. The van der Waals surface area contributed by atoms with Gasteiger partial charge in [0.05, 0.1) is 0 Å². The SMILES string of the molecule is Br.BrBr.CO[Si](CCc1ccccn1)(OC)OC. The number of nitrogens with zero attached hydrogens (tertiary/aromatic N) is 1. The molecule has 0 fully saturated rings. The molecule has 0 atom stereocenters. The summed E-state index contributed by atoms with van der Waals surface area (Å²) < 4.78 is 16.0. The van der Waals surface area contributed by atoms with E-state index < -0.39 is 8.80 Å². The number of pyridine rings is 1. The van der Waals surface area contributed by atoms with E-state index in [2.05, 4.69) is 33.2 Å². The van der Waals surface area contributed by atoms with Crippen LogP contribution in [0.3, 0.4) is 0 Å². The van der Waals surface area contributed by atoms with Crippen molar-refractivity contribution in [2.24, 2.45) is 0 Å². The van der Waals surface area contributed by atoms with Gasteiger partial charge < -0.3 is 13.3 Å². The second kappa shape index (κ2) is 12.7. The van der Waals surface area contributed by atoms with Gasteiger partial charge in [0.25, 0.3) is 0 Å². The zero-order valence-electron chi connectivity index (χ0n) is 10.6. The van der Waals surface area contributed by atoms with Gasteiger partial charge in [-0.1, -0.05) is 6.07 Å². The lowest BCUT2D eigenvalue weighted by Crippen LogP contribution is -2.43. The molecule has 0 saturated carbocycles. The van der Waals surface area contributed by atoms with Crippen LogP contribution in [0.1, 0.15) is 5.69 Å². The number of halogens is 3. The van der Waals surface area contributed by atoms with E-state index in [1.807, 2.05) is 18.2 Å². The van der Waals surface area contributed by atoms with Crippen molar-refractivity contribution >= 4 is 54.0 Å². The van der Waals surface area contributed by atoms with Crippen molar-refractivity contribution in [2.45, 2.75) is 12.5 Å². The highest BCUT2D eigenvalue weighted by Crippen LogP contribution is 2.15. The summed E-state index contributed by atoms with van der Waals surface area (Å²) in [6.45, 7) is 0. The molecule has 1 aromatic heterocycles. The lowest BCUT2D eigenvalue weighted by molar-refractivity contribution is 0.123. The molecule has 0 radical (unpaired) electrons. The molecule has 8 heteroatoms. The van der Waals surface area contributed by atoms with Crippen LogP contribution in [-0.2, 0) is 19.7 Å². The lowest BCUT2D eigenvalue weighted by Gasteiger charge is -2.23. The zero-order valence-corrected chi connectivity index (χ0v) is 16.4. The van der Waals surface area contributed by atoms with E-state index in [-0.39, 0.29) is 17.0 Å². The third-order valence-electron chi connectivity index (χ3n) is 2.35. The highest BCUT2D eigenvalue weighted by atomic mass is 80.9. The predicted molar refractivity (Wildman–Crippen MR) is 87.7 cm³/mol. The number of hydrogen-bond donors (Lipinski definition) is 0. The van der Waals surface area contributed by atoms with E-state index in [0.717, 1.165) is 18.2 Å². The maximum atomic E-state index is 5.32. The smallest absolute Gasteiger partial charge is 0.377 e. The average Bonchev–Trinajstić information content (AvgIpc) is 2.44. The van der Waals surface area contributed by atoms with Gasteiger partial charge in [0.15, 0.2) is 0 Å². The summed E-state index contributed by atoms with van der Waals surface area (Å²) >= 11 is 5.50. The van der Waals surface area contributed by atoms with Crippen LogP contribution in [0, 0.1) is 0 Å². The van der Waals surface area contributed by atoms with Crippen molar-refractivity contribution in [3.63, 3.8) is 0 Å². The Labute approximate surface area is 135 Å². The molecule has 0 saturated heterocycles.